The largest absolute Gasteiger partial charge is 0.497 e. The summed E-state index contributed by atoms with van der Waals surface area (Å²) in [4.78, 5) is 23.4. The highest BCUT2D eigenvalue weighted by molar-refractivity contribution is 5.95. The van der Waals surface area contributed by atoms with E-state index in [0.717, 1.165) is 12.8 Å². The lowest BCUT2D eigenvalue weighted by molar-refractivity contribution is -0.121. The van der Waals surface area contributed by atoms with E-state index in [0.29, 0.717) is 29.6 Å². The first-order valence-corrected chi connectivity index (χ1v) is 6.60. The van der Waals surface area contributed by atoms with Gasteiger partial charge in [-0.1, -0.05) is 0 Å². The molecule has 2 rings (SSSR count). The Kier molecular flexibility index (Phi) is 4.45. The number of benzene rings is 1. The van der Waals surface area contributed by atoms with Gasteiger partial charge in [0.2, 0.25) is 5.91 Å². The third-order valence-electron chi connectivity index (χ3n) is 3.01. The average molecular weight is 277 g/mol. The Morgan fingerprint density at radius 3 is 2.75 bits per heavy atom. The van der Waals surface area contributed by atoms with E-state index < -0.39 is 0 Å². The van der Waals surface area contributed by atoms with Crippen molar-refractivity contribution in [2.75, 3.05) is 19.4 Å². The van der Waals surface area contributed by atoms with Gasteiger partial charge in [-0.15, -0.1) is 0 Å². The van der Waals surface area contributed by atoms with Crippen LogP contribution in [0.1, 0.15) is 29.6 Å². The summed E-state index contributed by atoms with van der Waals surface area (Å²) in [5, 5.41) is 5.56. The number of methoxy groups -OCH3 is 1. The standard InChI is InChI=1S/C14H19N3O3/c1-20-12-7-9(6-10(15)8-12)14(19)16-5-4-13(18)17-11-2-3-11/h6-8,11H,2-5,15H2,1H3,(H,16,19)(H,17,18). The number of carbonyl (C=O) groups is 2. The number of nitrogen functional groups attached to an aromatic ring is 1. The third-order valence-corrected chi connectivity index (χ3v) is 3.01. The van der Waals surface area contributed by atoms with Crippen molar-refractivity contribution in [2.45, 2.75) is 25.3 Å². The van der Waals surface area contributed by atoms with Crippen molar-refractivity contribution in [2.24, 2.45) is 0 Å². The van der Waals surface area contributed by atoms with Gasteiger partial charge < -0.3 is 21.1 Å². The van der Waals surface area contributed by atoms with Gasteiger partial charge in [0.25, 0.3) is 5.91 Å². The second-order valence-corrected chi connectivity index (χ2v) is 4.84. The normalized spacial score (nSPS) is 13.7. The number of anilines is 1. The molecule has 0 atom stereocenters. The number of hydrogen-bond acceptors (Lipinski definition) is 4. The van der Waals surface area contributed by atoms with Crippen molar-refractivity contribution in [1.82, 2.24) is 10.6 Å². The molecule has 1 saturated carbocycles. The SMILES string of the molecule is COc1cc(N)cc(C(=O)NCCC(=O)NC2CC2)c1. The minimum Gasteiger partial charge on any atom is -0.497 e. The van der Waals surface area contributed by atoms with E-state index in [1.807, 2.05) is 0 Å². The highest BCUT2D eigenvalue weighted by Gasteiger charge is 2.22. The highest BCUT2D eigenvalue weighted by Crippen LogP contribution is 2.19. The maximum atomic E-state index is 11.9. The topological polar surface area (TPSA) is 93.4 Å². The molecule has 0 saturated heterocycles. The summed E-state index contributed by atoms with van der Waals surface area (Å²) in [6.07, 6.45) is 2.39. The van der Waals surface area contributed by atoms with Crippen LogP contribution < -0.4 is 21.1 Å². The number of ether oxygens (including phenoxy) is 1. The Labute approximate surface area is 117 Å². The van der Waals surface area contributed by atoms with E-state index >= 15 is 0 Å². The molecule has 20 heavy (non-hydrogen) atoms. The predicted molar refractivity (Wildman–Crippen MR) is 75.5 cm³/mol. The van der Waals surface area contributed by atoms with E-state index in [1.165, 1.54) is 7.11 Å². The number of nitrogens with one attached hydrogen (secondary N) is 2. The molecule has 0 aromatic heterocycles. The van der Waals surface area contributed by atoms with Crippen LogP contribution in [0.2, 0.25) is 0 Å². The fraction of sp³-hybridized carbons (Fsp3) is 0.429. The summed E-state index contributed by atoms with van der Waals surface area (Å²) in [6, 6.07) is 5.16. The van der Waals surface area contributed by atoms with E-state index in [-0.39, 0.29) is 18.2 Å². The predicted octanol–water partition coefficient (Wildman–Crippen LogP) is 0.676. The van der Waals surface area contributed by atoms with Gasteiger partial charge in [-0.2, -0.15) is 0 Å². The molecule has 1 aromatic carbocycles. The molecule has 6 nitrogen and oxygen atoms in total. The van der Waals surface area contributed by atoms with Crippen LogP contribution in [-0.2, 0) is 4.79 Å². The lowest BCUT2D eigenvalue weighted by atomic mass is 10.1. The molecule has 4 N–H and O–H groups in total. The molecular formula is C14H19N3O3. The van der Waals surface area contributed by atoms with Crippen LogP contribution >= 0.6 is 0 Å². The molecule has 1 aliphatic carbocycles. The van der Waals surface area contributed by atoms with E-state index in [1.54, 1.807) is 18.2 Å². The molecule has 1 aliphatic rings. The first-order valence-electron chi connectivity index (χ1n) is 6.60. The van der Waals surface area contributed by atoms with Crippen molar-refractivity contribution >= 4 is 17.5 Å². The summed E-state index contributed by atoms with van der Waals surface area (Å²) in [5.41, 5.74) is 6.57. The number of hydrogen-bond donors (Lipinski definition) is 3. The van der Waals surface area contributed by atoms with E-state index in [9.17, 15) is 9.59 Å². The Morgan fingerprint density at radius 2 is 2.10 bits per heavy atom. The van der Waals surface area contributed by atoms with Crippen molar-refractivity contribution in [3.63, 3.8) is 0 Å². The summed E-state index contributed by atoms with van der Waals surface area (Å²) < 4.78 is 5.06. The number of amides is 2. The van der Waals surface area contributed by atoms with E-state index in [2.05, 4.69) is 10.6 Å². The molecule has 1 aromatic rings. The van der Waals surface area contributed by atoms with Crippen molar-refractivity contribution in [3.05, 3.63) is 23.8 Å². The third kappa shape index (κ3) is 4.15. The van der Waals surface area contributed by atoms with Crippen LogP contribution in [0.3, 0.4) is 0 Å². The van der Waals surface area contributed by atoms with Gasteiger partial charge >= 0.3 is 0 Å². The minimum absolute atomic E-state index is 0.0297. The highest BCUT2D eigenvalue weighted by atomic mass is 16.5. The first-order chi connectivity index (χ1) is 9.58. The van der Waals surface area contributed by atoms with Gasteiger partial charge in [-0.3, -0.25) is 9.59 Å². The van der Waals surface area contributed by atoms with Crippen LogP contribution in [0.5, 0.6) is 5.75 Å². The Balaban J connectivity index is 1.81. The fourth-order valence-corrected chi connectivity index (χ4v) is 1.79. The maximum absolute atomic E-state index is 11.9. The Morgan fingerprint density at radius 1 is 1.35 bits per heavy atom. The summed E-state index contributed by atoms with van der Waals surface area (Å²) >= 11 is 0. The lowest BCUT2D eigenvalue weighted by Crippen LogP contribution is -2.31. The molecule has 0 aliphatic heterocycles. The van der Waals surface area contributed by atoms with Crippen molar-refractivity contribution < 1.29 is 14.3 Å². The van der Waals surface area contributed by atoms with Gasteiger partial charge in [0.15, 0.2) is 0 Å². The van der Waals surface area contributed by atoms with Gasteiger partial charge in [0.1, 0.15) is 5.75 Å². The maximum Gasteiger partial charge on any atom is 0.251 e. The molecule has 0 spiro atoms. The van der Waals surface area contributed by atoms with Crippen LogP contribution in [0.25, 0.3) is 0 Å². The number of carbonyl (C=O) groups excluding carboxylic acids is 2. The second kappa shape index (κ2) is 6.27. The van der Waals surface area contributed by atoms with Gasteiger partial charge in [-0.05, 0) is 25.0 Å². The van der Waals surface area contributed by atoms with Gasteiger partial charge in [0, 0.05) is 36.3 Å². The summed E-state index contributed by atoms with van der Waals surface area (Å²) in [5.74, 6) is 0.231. The Hall–Kier alpha value is -2.24. The van der Waals surface area contributed by atoms with Crippen LogP contribution in [0.15, 0.2) is 18.2 Å². The van der Waals surface area contributed by atoms with E-state index in [4.69, 9.17) is 10.5 Å². The minimum atomic E-state index is -0.269. The zero-order valence-corrected chi connectivity index (χ0v) is 11.4. The molecule has 0 heterocycles. The van der Waals surface area contributed by atoms with Gasteiger partial charge in [0.05, 0.1) is 7.11 Å². The molecule has 0 radical (unpaired) electrons. The quantitative estimate of drug-likeness (QED) is 0.666. The van der Waals surface area contributed by atoms with Crippen molar-refractivity contribution in [1.29, 1.82) is 0 Å². The molecular weight excluding hydrogens is 258 g/mol. The monoisotopic (exact) mass is 277 g/mol. The van der Waals surface area contributed by atoms with Crippen LogP contribution in [-0.4, -0.2) is 31.5 Å². The van der Waals surface area contributed by atoms with Gasteiger partial charge in [-0.25, -0.2) is 0 Å². The zero-order chi connectivity index (χ0) is 14.5. The van der Waals surface area contributed by atoms with Crippen LogP contribution in [0.4, 0.5) is 5.69 Å². The second-order valence-electron chi connectivity index (χ2n) is 4.84. The first kappa shape index (κ1) is 14.2. The van der Waals surface area contributed by atoms with Crippen molar-refractivity contribution in [3.8, 4) is 5.75 Å². The molecule has 2 amide bonds. The fourth-order valence-electron chi connectivity index (χ4n) is 1.79. The summed E-state index contributed by atoms with van der Waals surface area (Å²) in [7, 11) is 1.51. The zero-order valence-electron chi connectivity index (χ0n) is 11.4. The number of rotatable bonds is 6. The average Bonchev–Trinajstić information content (AvgIpc) is 3.21. The molecule has 108 valence electrons. The van der Waals surface area contributed by atoms with Crippen LogP contribution in [0, 0.1) is 0 Å². The smallest absolute Gasteiger partial charge is 0.251 e. The molecule has 6 heteroatoms. The summed E-state index contributed by atoms with van der Waals surface area (Å²) in [6.45, 7) is 0.300. The molecule has 1 fully saturated rings. The molecule has 0 bridgehead atoms. The molecule has 0 unspecified atom stereocenters. The lowest BCUT2D eigenvalue weighted by Gasteiger charge is -2.08. The Bertz CT molecular complexity index is 512. The number of nitrogens with two attached hydrogens (primary N) is 1.